The van der Waals surface area contributed by atoms with E-state index in [0.29, 0.717) is 18.1 Å². The average Bonchev–Trinajstić information content (AvgIpc) is 3.49. The second kappa shape index (κ2) is 9.97. The van der Waals surface area contributed by atoms with Crippen LogP contribution in [0.15, 0.2) is 28.8 Å². The number of aryl methyl sites for hydroxylation is 1. The van der Waals surface area contributed by atoms with Crippen LogP contribution < -0.4 is 4.74 Å². The molecule has 154 valence electrons. The molecule has 1 aliphatic heterocycles. The van der Waals surface area contributed by atoms with Gasteiger partial charge >= 0.3 is 6.08 Å². The molecule has 0 aromatic heterocycles. The Bertz CT molecular complexity index is 722. The van der Waals surface area contributed by atoms with E-state index < -0.39 is 0 Å². The molecule has 1 aliphatic carbocycles. The van der Waals surface area contributed by atoms with E-state index in [1.54, 1.807) is 7.05 Å². The van der Waals surface area contributed by atoms with E-state index in [9.17, 15) is 5.11 Å². The van der Waals surface area contributed by atoms with E-state index in [0.717, 1.165) is 49.8 Å². The van der Waals surface area contributed by atoms with Crippen LogP contribution in [0, 0.1) is 0 Å². The molecule has 0 bridgehead atoms. The Morgan fingerprint density at radius 1 is 1.32 bits per heavy atom. The number of phenolic OH excluding ortho intramolecular Hbond substituents is 1. The SMILES string of the molecule is CCCCCc1cc(O)c(C2C=C(C)CCC2)c(O/C(=N\C)OCC2CO2)c1. The lowest BCUT2D eigenvalue weighted by atomic mass is 9.84. The minimum Gasteiger partial charge on any atom is -0.507 e. The minimum absolute atomic E-state index is 0.137. The van der Waals surface area contributed by atoms with Gasteiger partial charge in [-0.05, 0) is 56.7 Å². The monoisotopic (exact) mass is 387 g/mol. The van der Waals surface area contributed by atoms with Gasteiger partial charge in [0.2, 0.25) is 0 Å². The van der Waals surface area contributed by atoms with Crippen molar-refractivity contribution in [2.45, 2.75) is 70.8 Å². The summed E-state index contributed by atoms with van der Waals surface area (Å²) < 4.78 is 16.9. The van der Waals surface area contributed by atoms with Gasteiger partial charge in [-0.1, -0.05) is 31.4 Å². The molecule has 1 saturated heterocycles. The number of allylic oxidation sites excluding steroid dienone is 2. The summed E-state index contributed by atoms with van der Waals surface area (Å²) in [6.45, 7) is 5.51. The lowest BCUT2D eigenvalue weighted by Gasteiger charge is -2.24. The van der Waals surface area contributed by atoms with Gasteiger partial charge < -0.3 is 19.3 Å². The maximum atomic E-state index is 10.9. The molecule has 1 aromatic carbocycles. The van der Waals surface area contributed by atoms with E-state index in [4.69, 9.17) is 14.2 Å². The zero-order chi connectivity index (χ0) is 19.9. The molecule has 5 nitrogen and oxygen atoms in total. The number of aliphatic imine (C=N–C) groups is 1. The summed E-state index contributed by atoms with van der Waals surface area (Å²) in [5.41, 5.74) is 3.29. The van der Waals surface area contributed by atoms with Crippen LogP contribution in [-0.4, -0.2) is 37.6 Å². The number of ether oxygens (including phenoxy) is 3. The largest absolute Gasteiger partial charge is 0.507 e. The zero-order valence-electron chi connectivity index (χ0n) is 17.4. The fourth-order valence-electron chi connectivity index (χ4n) is 3.75. The number of epoxide rings is 1. The molecule has 2 aliphatic rings. The number of aromatic hydroxyl groups is 1. The van der Waals surface area contributed by atoms with Gasteiger partial charge in [-0.2, -0.15) is 0 Å². The summed E-state index contributed by atoms with van der Waals surface area (Å²) in [5, 5.41) is 10.9. The van der Waals surface area contributed by atoms with Gasteiger partial charge in [0.25, 0.3) is 0 Å². The number of nitrogens with zero attached hydrogens (tertiary/aromatic N) is 1. The summed E-state index contributed by atoms with van der Waals surface area (Å²) in [6.07, 6.45) is 10.2. The lowest BCUT2D eigenvalue weighted by Crippen LogP contribution is -2.18. The highest BCUT2D eigenvalue weighted by Crippen LogP contribution is 2.42. The molecule has 0 spiro atoms. The predicted octanol–water partition coefficient (Wildman–Crippen LogP) is 5.12. The molecule has 0 radical (unpaired) electrons. The minimum atomic E-state index is 0.137. The first-order valence-electron chi connectivity index (χ1n) is 10.5. The normalized spacial score (nSPS) is 22.0. The van der Waals surface area contributed by atoms with Crippen LogP contribution in [0.5, 0.6) is 11.5 Å². The predicted molar refractivity (Wildman–Crippen MR) is 111 cm³/mol. The summed E-state index contributed by atoms with van der Waals surface area (Å²) in [6, 6.07) is 3.95. The Morgan fingerprint density at radius 3 is 2.82 bits per heavy atom. The fraction of sp³-hybridized carbons (Fsp3) is 0.609. The van der Waals surface area contributed by atoms with Gasteiger partial charge in [0.05, 0.1) is 6.61 Å². The molecule has 0 saturated carbocycles. The Labute approximate surface area is 168 Å². The Kier molecular flexibility index (Phi) is 7.37. The standard InChI is InChI=1S/C23H33NO4/c1-4-5-6-9-17-12-20(25)22(18-10-7-8-16(2)11-18)21(13-17)28-23(24-3)27-15-19-14-26-19/h11-13,18-19,25H,4-10,14-15H2,1-3H3/b24-23-. The summed E-state index contributed by atoms with van der Waals surface area (Å²) in [4.78, 5) is 4.14. The second-order valence-corrected chi connectivity index (χ2v) is 7.85. The van der Waals surface area contributed by atoms with Crippen molar-refractivity contribution in [3.05, 3.63) is 34.9 Å². The molecule has 0 amide bonds. The first kappa shape index (κ1) is 20.7. The molecule has 28 heavy (non-hydrogen) atoms. The Balaban J connectivity index is 1.86. The van der Waals surface area contributed by atoms with Gasteiger partial charge in [-0.15, -0.1) is 0 Å². The Hall–Kier alpha value is -2.01. The Morgan fingerprint density at radius 2 is 2.14 bits per heavy atom. The highest BCUT2D eigenvalue weighted by molar-refractivity contribution is 5.71. The highest BCUT2D eigenvalue weighted by Gasteiger charge is 2.26. The third-order valence-corrected chi connectivity index (χ3v) is 5.37. The first-order chi connectivity index (χ1) is 13.6. The van der Waals surface area contributed by atoms with Crippen LogP contribution in [-0.2, 0) is 15.9 Å². The summed E-state index contributed by atoms with van der Waals surface area (Å²) in [5.74, 6) is 1.11. The summed E-state index contributed by atoms with van der Waals surface area (Å²) >= 11 is 0. The maximum absolute atomic E-state index is 10.9. The number of unbranched alkanes of at least 4 members (excludes halogenated alkanes) is 2. The van der Waals surface area contributed by atoms with Crippen LogP contribution >= 0.6 is 0 Å². The quantitative estimate of drug-likeness (QED) is 0.221. The average molecular weight is 388 g/mol. The van der Waals surface area contributed by atoms with E-state index in [2.05, 4.69) is 24.9 Å². The topological polar surface area (TPSA) is 63.6 Å². The fourth-order valence-corrected chi connectivity index (χ4v) is 3.75. The molecular formula is C23H33NO4. The molecule has 1 heterocycles. The third-order valence-electron chi connectivity index (χ3n) is 5.37. The van der Waals surface area contributed by atoms with Gasteiger partial charge in [0.15, 0.2) is 0 Å². The van der Waals surface area contributed by atoms with Crippen molar-refractivity contribution in [2.75, 3.05) is 20.3 Å². The number of hydrogen-bond donors (Lipinski definition) is 1. The molecule has 1 N–H and O–H groups in total. The van der Waals surface area contributed by atoms with E-state index in [-0.39, 0.29) is 18.1 Å². The van der Waals surface area contributed by atoms with Crippen molar-refractivity contribution in [1.29, 1.82) is 0 Å². The maximum Gasteiger partial charge on any atom is 0.388 e. The van der Waals surface area contributed by atoms with Gasteiger partial charge in [0.1, 0.15) is 24.2 Å². The zero-order valence-corrected chi connectivity index (χ0v) is 17.4. The van der Waals surface area contributed by atoms with Crippen molar-refractivity contribution in [2.24, 2.45) is 4.99 Å². The summed E-state index contributed by atoms with van der Waals surface area (Å²) in [7, 11) is 1.65. The van der Waals surface area contributed by atoms with Crippen molar-refractivity contribution in [3.63, 3.8) is 0 Å². The molecule has 1 fully saturated rings. The van der Waals surface area contributed by atoms with Crippen molar-refractivity contribution >= 4 is 6.08 Å². The van der Waals surface area contributed by atoms with Crippen LogP contribution in [0.2, 0.25) is 0 Å². The molecule has 5 heteroatoms. The first-order valence-corrected chi connectivity index (χ1v) is 10.5. The van der Waals surface area contributed by atoms with Crippen molar-refractivity contribution in [3.8, 4) is 11.5 Å². The molecule has 2 unspecified atom stereocenters. The number of rotatable bonds is 8. The van der Waals surface area contributed by atoms with Gasteiger partial charge in [0, 0.05) is 18.5 Å². The lowest BCUT2D eigenvalue weighted by molar-refractivity contribution is 0.205. The van der Waals surface area contributed by atoms with E-state index >= 15 is 0 Å². The molecule has 2 atom stereocenters. The smallest absolute Gasteiger partial charge is 0.388 e. The van der Waals surface area contributed by atoms with E-state index in [1.165, 1.54) is 18.4 Å². The van der Waals surface area contributed by atoms with E-state index in [1.807, 2.05) is 12.1 Å². The van der Waals surface area contributed by atoms with Gasteiger partial charge in [-0.3, -0.25) is 0 Å². The van der Waals surface area contributed by atoms with Crippen LogP contribution in [0.3, 0.4) is 0 Å². The van der Waals surface area contributed by atoms with Crippen molar-refractivity contribution < 1.29 is 19.3 Å². The van der Waals surface area contributed by atoms with Crippen LogP contribution in [0.1, 0.15) is 69.4 Å². The third kappa shape index (κ3) is 5.74. The molecule has 1 aromatic rings. The van der Waals surface area contributed by atoms with Crippen LogP contribution in [0.25, 0.3) is 0 Å². The molecular weight excluding hydrogens is 354 g/mol. The second-order valence-electron chi connectivity index (χ2n) is 7.85. The highest BCUT2D eigenvalue weighted by atomic mass is 16.7. The number of phenols is 1. The number of hydrogen-bond acceptors (Lipinski definition) is 5. The van der Waals surface area contributed by atoms with Gasteiger partial charge in [-0.25, -0.2) is 4.99 Å². The van der Waals surface area contributed by atoms with Crippen LogP contribution in [0.4, 0.5) is 0 Å². The molecule has 3 rings (SSSR count). The number of benzene rings is 1. The van der Waals surface area contributed by atoms with Crippen molar-refractivity contribution in [1.82, 2.24) is 0 Å².